The molecule has 5 rings (SSSR count). The molecule has 0 saturated carbocycles. The lowest BCUT2D eigenvalue weighted by molar-refractivity contribution is 0.0648. The summed E-state index contributed by atoms with van der Waals surface area (Å²) in [4.78, 5) is 29.4. The second kappa shape index (κ2) is 5.73. The standard InChI is InChI=1S/C17H11F2N5O3/c18-15(19)12-14(26-7-22-12)17(25)24-5-9-11(21-6-20-9)13(24)16-23-8-3-1-2-4-10(8)27-16/h1-4,6-7,13,15H,5H2,(H,20,21)/t13-/m0/s1. The van der Waals surface area contributed by atoms with Crippen molar-refractivity contribution in [1.29, 1.82) is 0 Å². The lowest BCUT2D eigenvalue weighted by atomic mass is 10.2. The summed E-state index contributed by atoms with van der Waals surface area (Å²) >= 11 is 0. The van der Waals surface area contributed by atoms with Crippen LogP contribution in [0.1, 0.15) is 46.0 Å². The number of carbonyl (C=O) groups is 1. The Bertz CT molecular complexity index is 1120. The fraction of sp³-hybridized carbons (Fsp3) is 0.176. The smallest absolute Gasteiger partial charge is 0.293 e. The summed E-state index contributed by atoms with van der Waals surface area (Å²) in [7, 11) is 0. The number of oxazole rings is 2. The third-order valence-corrected chi connectivity index (χ3v) is 4.45. The quantitative estimate of drug-likeness (QED) is 0.593. The van der Waals surface area contributed by atoms with Crippen molar-refractivity contribution in [3.8, 4) is 0 Å². The van der Waals surface area contributed by atoms with Gasteiger partial charge in [0.1, 0.15) is 5.52 Å². The third-order valence-electron chi connectivity index (χ3n) is 4.45. The summed E-state index contributed by atoms with van der Waals surface area (Å²) in [5, 5.41) is 0. The van der Waals surface area contributed by atoms with E-state index in [1.54, 1.807) is 18.2 Å². The molecule has 4 aromatic rings. The predicted molar refractivity (Wildman–Crippen MR) is 85.8 cm³/mol. The number of aromatic nitrogens is 4. The van der Waals surface area contributed by atoms with Gasteiger partial charge in [0, 0.05) is 0 Å². The van der Waals surface area contributed by atoms with Gasteiger partial charge in [-0.25, -0.2) is 23.7 Å². The van der Waals surface area contributed by atoms with Gasteiger partial charge in [-0.15, -0.1) is 0 Å². The van der Waals surface area contributed by atoms with Crippen LogP contribution in [-0.2, 0) is 6.54 Å². The number of alkyl halides is 2. The SMILES string of the molecule is O=C(c1ocnc1C(F)F)N1Cc2[nH]cnc2[C@H]1c1nc2ccccc2o1. The van der Waals surface area contributed by atoms with E-state index in [1.807, 2.05) is 6.07 Å². The van der Waals surface area contributed by atoms with Crippen molar-refractivity contribution in [2.75, 3.05) is 0 Å². The molecule has 0 fully saturated rings. The van der Waals surface area contributed by atoms with Gasteiger partial charge in [0.15, 0.2) is 23.7 Å². The van der Waals surface area contributed by atoms with Crippen LogP contribution in [0.15, 0.2) is 45.8 Å². The van der Waals surface area contributed by atoms with E-state index in [1.165, 1.54) is 11.2 Å². The maximum Gasteiger partial charge on any atom is 0.293 e. The molecular weight excluding hydrogens is 360 g/mol. The largest absolute Gasteiger partial charge is 0.438 e. The number of fused-ring (bicyclic) bond motifs is 2. The van der Waals surface area contributed by atoms with E-state index in [-0.39, 0.29) is 12.4 Å². The number of H-pyrrole nitrogens is 1. The normalized spacial score (nSPS) is 16.4. The molecule has 1 aliphatic heterocycles. The van der Waals surface area contributed by atoms with Crippen LogP contribution >= 0.6 is 0 Å². The second-order valence-corrected chi connectivity index (χ2v) is 5.99. The van der Waals surface area contributed by atoms with Crippen molar-refractivity contribution in [3.05, 3.63) is 65.7 Å². The molecule has 3 aromatic heterocycles. The first kappa shape index (κ1) is 15.7. The summed E-state index contributed by atoms with van der Waals surface area (Å²) < 4.78 is 37.0. The number of benzene rings is 1. The monoisotopic (exact) mass is 371 g/mol. The van der Waals surface area contributed by atoms with Gasteiger partial charge in [0.2, 0.25) is 11.7 Å². The summed E-state index contributed by atoms with van der Waals surface area (Å²) in [5.74, 6) is -0.994. The zero-order chi connectivity index (χ0) is 18.5. The summed E-state index contributed by atoms with van der Waals surface area (Å²) in [6.45, 7) is 0.126. The molecule has 0 unspecified atom stereocenters. The van der Waals surface area contributed by atoms with Gasteiger partial charge >= 0.3 is 0 Å². The fourth-order valence-corrected chi connectivity index (χ4v) is 3.25. The average Bonchev–Trinajstić information content (AvgIpc) is 3.41. The number of amides is 1. The molecule has 0 aliphatic carbocycles. The highest BCUT2D eigenvalue weighted by atomic mass is 19.3. The maximum absolute atomic E-state index is 13.1. The minimum atomic E-state index is -2.93. The second-order valence-electron chi connectivity index (χ2n) is 5.99. The van der Waals surface area contributed by atoms with Crippen LogP contribution in [-0.4, -0.2) is 30.7 Å². The Morgan fingerprint density at radius 3 is 2.96 bits per heavy atom. The van der Waals surface area contributed by atoms with Crippen LogP contribution in [0.4, 0.5) is 8.78 Å². The molecule has 136 valence electrons. The molecule has 8 nitrogen and oxygen atoms in total. The van der Waals surface area contributed by atoms with E-state index < -0.39 is 29.8 Å². The molecule has 0 bridgehead atoms. The first-order valence-corrected chi connectivity index (χ1v) is 8.03. The topological polar surface area (TPSA) is 101 Å². The number of imidazole rings is 1. The van der Waals surface area contributed by atoms with Gasteiger partial charge in [0.25, 0.3) is 12.3 Å². The van der Waals surface area contributed by atoms with E-state index in [2.05, 4.69) is 19.9 Å². The van der Waals surface area contributed by atoms with Gasteiger partial charge in [-0.2, -0.15) is 0 Å². The van der Waals surface area contributed by atoms with Crippen molar-refractivity contribution in [2.24, 2.45) is 0 Å². The Morgan fingerprint density at radius 1 is 1.30 bits per heavy atom. The Labute approximate surface area is 149 Å². The molecule has 4 heterocycles. The highest BCUT2D eigenvalue weighted by Crippen LogP contribution is 2.39. The Balaban J connectivity index is 1.60. The van der Waals surface area contributed by atoms with Crippen LogP contribution in [0.25, 0.3) is 11.1 Å². The minimum absolute atomic E-state index is 0.126. The van der Waals surface area contributed by atoms with Gasteiger partial charge in [0.05, 0.1) is 24.3 Å². The van der Waals surface area contributed by atoms with E-state index >= 15 is 0 Å². The number of nitrogens with one attached hydrogen (secondary N) is 1. The fourth-order valence-electron chi connectivity index (χ4n) is 3.25. The molecule has 1 aliphatic rings. The van der Waals surface area contributed by atoms with Crippen molar-refractivity contribution in [2.45, 2.75) is 19.0 Å². The highest BCUT2D eigenvalue weighted by Gasteiger charge is 2.42. The zero-order valence-electron chi connectivity index (χ0n) is 13.6. The number of hydrogen-bond donors (Lipinski definition) is 1. The summed E-state index contributed by atoms with van der Waals surface area (Å²) in [6, 6.07) is 6.39. The third kappa shape index (κ3) is 2.33. The van der Waals surface area contributed by atoms with E-state index in [9.17, 15) is 13.6 Å². The van der Waals surface area contributed by atoms with Crippen LogP contribution in [0.5, 0.6) is 0 Å². The Morgan fingerprint density at radius 2 is 2.15 bits per heavy atom. The summed E-state index contributed by atoms with van der Waals surface area (Å²) in [6.07, 6.45) is -0.596. The molecule has 10 heteroatoms. The molecule has 1 atom stereocenters. The van der Waals surface area contributed by atoms with Gasteiger partial charge in [-0.3, -0.25) is 4.79 Å². The average molecular weight is 371 g/mol. The van der Waals surface area contributed by atoms with Crippen LogP contribution in [0.2, 0.25) is 0 Å². The van der Waals surface area contributed by atoms with E-state index in [0.717, 1.165) is 6.39 Å². The van der Waals surface area contributed by atoms with Crippen LogP contribution < -0.4 is 0 Å². The molecule has 0 saturated heterocycles. The highest BCUT2D eigenvalue weighted by molar-refractivity contribution is 5.93. The molecule has 1 amide bonds. The van der Waals surface area contributed by atoms with Crippen molar-refractivity contribution in [1.82, 2.24) is 24.8 Å². The number of nitrogens with zero attached hydrogens (tertiary/aromatic N) is 4. The lowest BCUT2D eigenvalue weighted by Gasteiger charge is -2.21. The van der Waals surface area contributed by atoms with Gasteiger partial charge < -0.3 is 18.7 Å². The van der Waals surface area contributed by atoms with Crippen molar-refractivity contribution < 1.29 is 22.4 Å². The van der Waals surface area contributed by atoms with Crippen molar-refractivity contribution in [3.63, 3.8) is 0 Å². The van der Waals surface area contributed by atoms with Gasteiger partial charge in [-0.05, 0) is 12.1 Å². The molecule has 1 N–H and O–H groups in total. The van der Waals surface area contributed by atoms with Crippen molar-refractivity contribution >= 4 is 17.0 Å². The zero-order valence-corrected chi connectivity index (χ0v) is 13.6. The first-order valence-electron chi connectivity index (χ1n) is 8.03. The molecule has 0 spiro atoms. The minimum Gasteiger partial charge on any atom is -0.438 e. The van der Waals surface area contributed by atoms with Crippen LogP contribution in [0.3, 0.4) is 0 Å². The predicted octanol–water partition coefficient (Wildman–Crippen LogP) is 3.22. The number of hydrogen-bond acceptors (Lipinski definition) is 6. The molecule has 1 aromatic carbocycles. The first-order chi connectivity index (χ1) is 13.1. The number of aromatic amines is 1. The Kier molecular flexibility index (Phi) is 3.33. The van der Waals surface area contributed by atoms with Crippen LogP contribution in [0, 0.1) is 0 Å². The number of halogens is 2. The van der Waals surface area contributed by atoms with E-state index in [0.29, 0.717) is 22.5 Å². The van der Waals surface area contributed by atoms with E-state index in [4.69, 9.17) is 8.83 Å². The maximum atomic E-state index is 13.1. The Hall–Kier alpha value is -3.56. The van der Waals surface area contributed by atoms with Gasteiger partial charge in [-0.1, -0.05) is 12.1 Å². The number of para-hydroxylation sites is 2. The summed E-state index contributed by atoms with van der Waals surface area (Å²) in [5.41, 5.74) is 1.70. The lowest BCUT2D eigenvalue weighted by Crippen LogP contribution is -2.31. The molecule has 27 heavy (non-hydrogen) atoms. The molecular formula is C17H11F2N5O3. The number of rotatable bonds is 3. The number of carbonyl (C=O) groups excluding carboxylic acids is 1. The molecule has 0 radical (unpaired) electrons.